The summed E-state index contributed by atoms with van der Waals surface area (Å²) in [5.74, 6) is 0.852. The van der Waals surface area contributed by atoms with Crippen molar-refractivity contribution in [2.24, 2.45) is 0 Å². The Hall–Kier alpha value is -3.08. The lowest BCUT2D eigenvalue weighted by atomic mass is 10.0. The Morgan fingerprint density at radius 3 is 2.50 bits per heavy atom. The molecule has 0 atom stereocenters. The van der Waals surface area contributed by atoms with Crippen LogP contribution in [0.3, 0.4) is 0 Å². The molecule has 0 heterocycles. The molecule has 0 saturated heterocycles. The smallest absolute Gasteiger partial charge is 0.269 e. The highest BCUT2D eigenvalue weighted by Gasteiger charge is 2.09. The van der Waals surface area contributed by atoms with Gasteiger partial charge < -0.3 is 10.1 Å². The zero-order chi connectivity index (χ0) is 16.9. The summed E-state index contributed by atoms with van der Waals surface area (Å²) in [5, 5.41) is 16.3. The molecule has 0 spiro atoms. The Bertz CT molecular complexity index is 860. The number of nitrogens with one attached hydrogen (secondary N) is 1. The fourth-order valence-electron chi connectivity index (χ4n) is 2.68. The average Bonchev–Trinajstić information content (AvgIpc) is 2.61. The van der Waals surface area contributed by atoms with Crippen molar-refractivity contribution in [2.45, 2.75) is 13.5 Å². The molecule has 0 fully saturated rings. The van der Waals surface area contributed by atoms with Crippen molar-refractivity contribution in [3.63, 3.8) is 0 Å². The number of ether oxygens (including phenoxy) is 1. The van der Waals surface area contributed by atoms with Gasteiger partial charge >= 0.3 is 0 Å². The summed E-state index contributed by atoms with van der Waals surface area (Å²) in [6, 6.07) is 18.6. The summed E-state index contributed by atoms with van der Waals surface area (Å²) < 4.78 is 5.75. The number of hydrogen-bond acceptors (Lipinski definition) is 4. The van der Waals surface area contributed by atoms with Gasteiger partial charge in [-0.2, -0.15) is 0 Å². The van der Waals surface area contributed by atoms with E-state index in [2.05, 4.69) is 23.5 Å². The normalized spacial score (nSPS) is 10.5. The fraction of sp³-hybridized carbons (Fsp3) is 0.158. The third-order valence-electron chi connectivity index (χ3n) is 3.84. The second-order valence-electron chi connectivity index (χ2n) is 5.35. The van der Waals surface area contributed by atoms with Crippen LogP contribution in [-0.2, 0) is 6.54 Å². The van der Waals surface area contributed by atoms with Crippen LogP contribution in [-0.4, -0.2) is 11.5 Å². The first-order valence-electron chi connectivity index (χ1n) is 7.81. The summed E-state index contributed by atoms with van der Waals surface area (Å²) in [4.78, 5) is 10.3. The van der Waals surface area contributed by atoms with Gasteiger partial charge in [0.1, 0.15) is 5.75 Å². The molecular weight excluding hydrogens is 304 g/mol. The highest BCUT2D eigenvalue weighted by molar-refractivity contribution is 5.88. The van der Waals surface area contributed by atoms with Crippen LogP contribution in [0.4, 0.5) is 11.4 Å². The molecule has 0 aliphatic carbocycles. The molecule has 5 nitrogen and oxygen atoms in total. The first-order chi connectivity index (χ1) is 11.7. The van der Waals surface area contributed by atoms with Gasteiger partial charge in [-0.25, -0.2) is 0 Å². The monoisotopic (exact) mass is 322 g/mol. The minimum atomic E-state index is -0.401. The maximum atomic E-state index is 10.7. The van der Waals surface area contributed by atoms with E-state index in [1.807, 2.05) is 25.1 Å². The van der Waals surface area contributed by atoms with Crippen LogP contribution in [0.2, 0.25) is 0 Å². The van der Waals surface area contributed by atoms with E-state index in [1.165, 1.54) is 12.1 Å². The minimum absolute atomic E-state index is 0.0840. The number of nitro groups is 1. The van der Waals surface area contributed by atoms with Gasteiger partial charge in [-0.1, -0.05) is 30.3 Å². The standard InChI is InChI=1S/C19H18N2O3/c1-2-24-19-12-7-14-5-3-4-6-17(14)18(19)13-20-15-8-10-16(11-9-15)21(22)23/h3-12,20H,2,13H2,1H3. The van der Waals surface area contributed by atoms with E-state index in [0.29, 0.717) is 13.2 Å². The largest absolute Gasteiger partial charge is 0.494 e. The number of benzene rings is 3. The number of hydrogen-bond donors (Lipinski definition) is 1. The molecule has 0 amide bonds. The van der Waals surface area contributed by atoms with Gasteiger partial charge in [0.05, 0.1) is 11.5 Å². The topological polar surface area (TPSA) is 64.4 Å². The predicted octanol–water partition coefficient (Wildman–Crippen LogP) is 4.76. The van der Waals surface area contributed by atoms with Crippen LogP contribution < -0.4 is 10.1 Å². The molecule has 0 aliphatic rings. The Kier molecular flexibility index (Phi) is 4.61. The number of fused-ring (bicyclic) bond motifs is 1. The molecule has 0 aromatic heterocycles. The summed E-state index contributed by atoms with van der Waals surface area (Å²) in [6.45, 7) is 3.14. The van der Waals surface area contributed by atoms with E-state index < -0.39 is 4.92 Å². The van der Waals surface area contributed by atoms with Crippen molar-refractivity contribution in [1.29, 1.82) is 0 Å². The first-order valence-corrected chi connectivity index (χ1v) is 7.81. The summed E-state index contributed by atoms with van der Waals surface area (Å²) in [5.41, 5.74) is 1.99. The maximum absolute atomic E-state index is 10.7. The second kappa shape index (κ2) is 7.00. The van der Waals surface area contributed by atoms with Gasteiger partial charge in [-0.05, 0) is 35.9 Å². The lowest BCUT2D eigenvalue weighted by Gasteiger charge is -2.15. The van der Waals surface area contributed by atoms with Gasteiger partial charge in [0.25, 0.3) is 5.69 Å². The highest BCUT2D eigenvalue weighted by Crippen LogP contribution is 2.29. The van der Waals surface area contributed by atoms with Crippen molar-refractivity contribution in [3.05, 3.63) is 76.3 Å². The Morgan fingerprint density at radius 2 is 1.79 bits per heavy atom. The van der Waals surface area contributed by atoms with Crippen LogP contribution >= 0.6 is 0 Å². The molecule has 0 aliphatic heterocycles. The zero-order valence-corrected chi connectivity index (χ0v) is 13.4. The van der Waals surface area contributed by atoms with Crippen LogP contribution in [0.5, 0.6) is 5.75 Å². The molecule has 0 unspecified atom stereocenters. The zero-order valence-electron chi connectivity index (χ0n) is 13.4. The Labute approximate surface area is 140 Å². The number of anilines is 1. The van der Waals surface area contributed by atoms with Crippen molar-refractivity contribution < 1.29 is 9.66 Å². The molecule has 3 rings (SSSR count). The third kappa shape index (κ3) is 3.30. The van der Waals surface area contributed by atoms with E-state index in [1.54, 1.807) is 12.1 Å². The lowest BCUT2D eigenvalue weighted by molar-refractivity contribution is -0.384. The van der Waals surface area contributed by atoms with Crippen LogP contribution in [0.25, 0.3) is 10.8 Å². The molecule has 1 N–H and O–H groups in total. The second-order valence-corrected chi connectivity index (χ2v) is 5.35. The van der Waals surface area contributed by atoms with Gasteiger partial charge in [0.2, 0.25) is 0 Å². The van der Waals surface area contributed by atoms with E-state index >= 15 is 0 Å². The molecule has 24 heavy (non-hydrogen) atoms. The van der Waals surface area contributed by atoms with Gasteiger partial charge in [0, 0.05) is 29.9 Å². The van der Waals surface area contributed by atoms with Crippen molar-refractivity contribution in [2.75, 3.05) is 11.9 Å². The average molecular weight is 322 g/mol. The van der Waals surface area contributed by atoms with Gasteiger partial charge in [-0.3, -0.25) is 10.1 Å². The van der Waals surface area contributed by atoms with Crippen molar-refractivity contribution in [1.82, 2.24) is 0 Å². The van der Waals surface area contributed by atoms with Crippen LogP contribution in [0.15, 0.2) is 60.7 Å². The number of nitro benzene ring substituents is 1. The SMILES string of the molecule is CCOc1ccc2ccccc2c1CNc1ccc([N+](=O)[O-])cc1. The van der Waals surface area contributed by atoms with Gasteiger partial charge in [0.15, 0.2) is 0 Å². The Balaban J connectivity index is 1.88. The molecule has 0 bridgehead atoms. The fourth-order valence-corrected chi connectivity index (χ4v) is 2.68. The van der Waals surface area contributed by atoms with Crippen molar-refractivity contribution >= 4 is 22.1 Å². The van der Waals surface area contributed by atoms with Gasteiger partial charge in [-0.15, -0.1) is 0 Å². The summed E-state index contributed by atoms with van der Waals surface area (Å²) in [7, 11) is 0. The van der Waals surface area contributed by atoms with E-state index in [9.17, 15) is 10.1 Å². The van der Waals surface area contributed by atoms with Crippen LogP contribution in [0, 0.1) is 10.1 Å². The third-order valence-corrected chi connectivity index (χ3v) is 3.84. The molecule has 0 saturated carbocycles. The Morgan fingerprint density at radius 1 is 1.04 bits per heavy atom. The summed E-state index contributed by atoms with van der Waals surface area (Å²) in [6.07, 6.45) is 0. The molecule has 3 aromatic rings. The molecule has 0 radical (unpaired) electrons. The minimum Gasteiger partial charge on any atom is -0.494 e. The predicted molar refractivity (Wildman–Crippen MR) is 95.5 cm³/mol. The van der Waals surface area contributed by atoms with E-state index in [0.717, 1.165) is 27.8 Å². The number of rotatable bonds is 6. The lowest BCUT2D eigenvalue weighted by Crippen LogP contribution is -2.04. The summed E-state index contributed by atoms with van der Waals surface area (Å²) >= 11 is 0. The molecule has 3 aromatic carbocycles. The molecular formula is C19H18N2O3. The van der Waals surface area contributed by atoms with E-state index in [4.69, 9.17) is 4.74 Å². The molecule has 5 heteroatoms. The first kappa shape index (κ1) is 15.8. The highest BCUT2D eigenvalue weighted by atomic mass is 16.6. The number of non-ortho nitro benzene ring substituents is 1. The maximum Gasteiger partial charge on any atom is 0.269 e. The van der Waals surface area contributed by atoms with Crippen LogP contribution in [0.1, 0.15) is 12.5 Å². The molecule has 122 valence electrons. The quantitative estimate of drug-likeness (QED) is 0.525. The number of nitrogens with zero attached hydrogens (tertiary/aromatic N) is 1. The van der Waals surface area contributed by atoms with Crippen molar-refractivity contribution in [3.8, 4) is 5.75 Å². The van der Waals surface area contributed by atoms with E-state index in [-0.39, 0.29) is 5.69 Å².